The minimum atomic E-state index is -0.101. The van der Waals surface area contributed by atoms with Crippen molar-refractivity contribution in [3.8, 4) is 0 Å². The first kappa shape index (κ1) is 8.57. The molecule has 0 N–H and O–H groups in total. The Bertz CT molecular complexity index is 157. The van der Waals surface area contributed by atoms with E-state index in [1.807, 2.05) is 6.92 Å². The van der Waals surface area contributed by atoms with Crippen molar-refractivity contribution < 1.29 is 9.53 Å². The van der Waals surface area contributed by atoms with Crippen LogP contribution >= 0.6 is 0 Å². The largest absolute Gasteiger partial charge is 0.466 e. The molecule has 2 heteroatoms. The molecule has 0 aromatic rings. The summed E-state index contributed by atoms with van der Waals surface area (Å²) in [5, 5.41) is 0. The molecule has 1 saturated carbocycles. The van der Waals surface area contributed by atoms with Crippen LogP contribution in [0, 0.1) is 11.3 Å². The van der Waals surface area contributed by atoms with E-state index in [1.165, 1.54) is 0 Å². The standard InChI is InChI=1S/C9H16O2/c1-4-11-8(10)9(5-6-9)7(2)3/h7H,4-6H2,1-3H3. The van der Waals surface area contributed by atoms with Crippen molar-refractivity contribution in [2.45, 2.75) is 33.6 Å². The number of esters is 1. The highest BCUT2D eigenvalue weighted by Crippen LogP contribution is 2.52. The third kappa shape index (κ3) is 1.39. The van der Waals surface area contributed by atoms with Crippen LogP contribution in [0.15, 0.2) is 0 Å². The fourth-order valence-corrected chi connectivity index (χ4v) is 1.43. The van der Waals surface area contributed by atoms with Gasteiger partial charge in [-0.2, -0.15) is 0 Å². The Labute approximate surface area is 67.9 Å². The minimum absolute atomic E-state index is 0.00926. The smallest absolute Gasteiger partial charge is 0.312 e. The Morgan fingerprint density at radius 3 is 2.36 bits per heavy atom. The van der Waals surface area contributed by atoms with E-state index in [0.717, 1.165) is 12.8 Å². The maximum atomic E-state index is 11.3. The summed E-state index contributed by atoms with van der Waals surface area (Å²) in [6, 6.07) is 0. The number of carbonyl (C=O) groups excluding carboxylic acids is 1. The zero-order chi connectivity index (χ0) is 8.48. The summed E-state index contributed by atoms with van der Waals surface area (Å²) in [5.74, 6) is 0.441. The molecule has 1 aliphatic rings. The topological polar surface area (TPSA) is 26.3 Å². The zero-order valence-corrected chi connectivity index (χ0v) is 7.52. The van der Waals surface area contributed by atoms with E-state index in [0.29, 0.717) is 12.5 Å². The van der Waals surface area contributed by atoms with Gasteiger partial charge in [-0.25, -0.2) is 0 Å². The molecule has 0 aromatic heterocycles. The Kier molecular flexibility index (Phi) is 2.21. The second-order valence-corrected chi connectivity index (χ2v) is 3.53. The lowest BCUT2D eigenvalue weighted by Gasteiger charge is -2.16. The third-order valence-electron chi connectivity index (χ3n) is 2.58. The van der Waals surface area contributed by atoms with Gasteiger partial charge >= 0.3 is 5.97 Å². The predicted molar refractivity (Wildman–Crippen MR) is 43.1 cm³/mol. The van der Waals surface area contributed by atoms with Crippen molar-refractivity contribution >= 4 is 5.97 Å². The fourth-order valence-electron chi connectivity index (χ4n) is 1.43. The summed E-state index contributed by atoms with van der Waals surface area (Å²) in [4.78, 5) is 11.3. The molecule has 0 radical (unpaired) electrons. The van der Waals surface area contributed by atoms with Gasteiger partial charge in [-0.1, -0.05) is 13.8 Å². The van der Waals surface area contributed by atoms with E-state index in [9.17, 15) is 4.79 Å². The van der Waals surface area contributed by atoms with Crippen molar-refractivity contribution in [2.75, 3.05) is 6.61 Å². The van der Waals surface area contributed by atoms with Crippen LogP contribution in [0.3, 0.4) is 0 Å². The number of rotatable bonds is 3. The first-order chi connectivity index (χ1) is 5.13. The van der Waals surface area contributed by atoms with Gasteiger partial charge in [-0.05, 0) is 25.7 Å². The van der Waals surface area contributed by atoms with Gasteiger partial charge in [0.15, 0.2) is 0 Å². The summed E-state index contributed by atoms with van der Waals surface area (Å²) in [6.45, 7) is 6.54. The third-order valence-corrected chi connectivity index (χ3v) is 2.58. The van der Waals surface area contributed by atoms with Crippen LogP contribution in [0.2, 0.25) is 0 Å². The zero-order valence-electron chi connectivity index (χ0n) is 7.52. The quantitative estimate of drug-likeness (QED) is 0.584. The molecule has 0 spiro atoms. The Balaban J connectivity index is 2.51. The fraction of sp³-hybridized carbons (Fsp3) is 0.889. The summed E-state index contributed by atoms with van der Waals surface area (Å²) in [5.41, 5.74) is -0.101. The number of carbonyl (C=O) groups is 1. The van der Waals surface area contributed by atoms with Gasteiger partial charge in [0.2, 0.25) is 0 Å². The first-order valence-corrected chi connectivity index (χ1v) is 4.30. The van der Waals surface area contributed by atoms with E-state index in [1.54, 1.807) is 0 Å². The van der Waals surface area contributed by atoms with Crippen LogP contribution in [-0.2, 0) is 9.53 Å². The Morgan fingerprint density at radius 2 is 2.09 bits per heavy atom. The van der Waals surface area contributed by atoms with Crippen LogP contribution in [0.4, 0.5) is 0 Å². The molecule has 0 atom stereocenters. The molecular weight excluding hydrogens is 140 g/mol. The second-order valence-electron chi connectivity index (χ2n) is 3.53. The van der Waals surface area contributed by atoms with E-state index in [4.69, 9.17) is 4.74 Å². The van der Waals surface area contributed by atoms with Crippen LogP contribution in [0.1, 0.15) is 33.6 Å². The summed E-state index contributed by atoms with van der Waals surface area (Å²) >= 11 is 0. The maximum Gasteiger partial charge on any atom is 0.312 e. The molecule has 1 fully saturated rings. The minimum Gasteiger partial charge on any atom is -0.466 e. The van der Waals surface area contributed by atoms with Crippen molar-refractivity contribution in [3.63, 3.8) is 0 Å². The van der Waals surface area contributed by atoms with E-state index >= 15 is 0 Å². The molecule has 2 nitrogen and oxygen atoms in total. The summed E-state index contributed by atoms with van der Waals surface area (Å²) in [6.07, 6.45) is 2.03. The molecule has 1 rings (SSSR count). The highest BCUT2D eigenvalue weighted by atomic mass is 16.5. The SMILES string of the molecule is CCOC(=O)C1(C(C)C)CC1. The first-order valence-electron chi connectivity index (χ1n) is 4.30. The molecule has 1 aliphatic carbocycles. The Morgan fingerprint density at radius 1 is 1.55 bits per heavy atom. The highest BCUT2D eigenvalue weighted by Gasteiger charge is 2.53. The molecular formula is C9H16O2. The van der Waals surface area contributed by atoms with E-state index < -0.39 is 0 Å². The van der Waals surface area contributed by atoms with Crippen molar-refractivity contribution in [3.05, 3.63) is 0 Å². The second kappa shape index (κ2) is 2.84. The molecule has 0 aliphatic heterocycles. The predicted octanol–water partition coefficient (Wildman–Crippen LogP) is 1.99. The number of hydrogen-bond acceptors (Lipinski definition) is 2. The van der Waals surface area contributed by atoms with Gasteiger partial charge in [0.25, 0.3) is 0 Å². The average molecular weight is 156 g/mol. The molecule has 0 unspecified atom stereocenters. The van der Waals surface area contributed by atoms with Crippen molar-refractivity contribution in [2.24, 2.45) is 11.3 Å². The maximum absolute atomic E-state index is 11.3. The molecule has 0 saturated heterocycles. The highest BCUT2D eigenvalue weighted by molar-refractivity contribution is 5.80. The number of hydrogen-bond donors (Lipinski definition) is 0. The normalized spacial score (nSPS) is 20.0. The van der Waals surface area contributed by atoms with Crippen molar-refractivity contribution in [1.29, 1.82) is 0 Å². The van der Waals surface area contributed by atoms with Gasteiger partial charge in [0.05, 0.1) is 12.0 Å². The van der Waals surface area contributed by atoms with Crippen LogP contribution in [-0.4, -0.2) is 12.6 Å². The molecule has 0 heterocycles. The van der Waals surface area contributed by atoms with E-state index in [-0.39, 0.29) is 11.4 Å². The van der Waals surface area contributed by atoms with Crippen molar-refractivity contribution in [1.82, 2.24) is 0 Å². The van der Waals surface area contributed by atoms with Gasteiger partial charge < -0.3 is 4.74 Å². The molecule has 64 valence electrons. The van der Waals surface area contributed by atoms with Gasteiger partial charge in [0.1, 0.15) is 0 Å². The molecule has 11 heavy (non-hydrogen) atoms. The summed E-state index contributed by atoms with van der Waals surface area (Å²) < 4.78 is 4.99. The van der Waals surface area contributed by atoms with Crippen LogP contribution in [0.25, 0.3) is 0 Å². The lowest BCUT2D eigenvalue weighted by molar-refractivity contribution is -0.151. The van der Waals surface area contributed by atoms with Gasteiger partial charge in [0, 0.05) is 0 Å². The molecule has 0 bridgehead atoms. The van der Waals surface area contributed by atoms with Gasteiger partial charge in [-0.3, -0.25) is 4.79 Å². The lowest BCUT2D eigenvalue weighted by atomic mass is 9.93. The summed E-state index contributed by atoms with van der Waals surface area (Å²) in [7, 11) is 0. The number of ether oxygens (including phenoxy) is 1. The average Bonchev–Trinajstić information content (AvgIpc) is 2.66. The monoisotopic (exact) mass is 156 g/mol. The Hall–Kier alpha value is -0.530. The van der Waals surface area contributed by atoms with Crippen LogP contribution in [0.5, 0.6) is 0 Å². The molecule has 0 amide bonds. The molecule has 0 aromatic carbocycles. The lowest BCUT2D eigenvalue weighted by Crippen LogP contribution is -2.24. The van der Waals surface area contributed by atoms with E-state index in [2.05, 4.69) is 13.8 Å². The van der Waals surface area contributed by atoms with Gasteiger partial charge in [-0.15, -0.1) is 0 Å². The van der Waals surface area contributed by atoms with Crippen LogP contribution < -0.4 is 0 Å².